The highest BCUT2D eigenvalue weighted by Gasteiger charge is 2.13. The Bertz CT molecular complexity index is 2830. The zero-order valence-electron chi connectivity index (χ0n) is 31.2. The molecule has 0 spiro atoms. The number of isocyanates is 6. The van der Waals surface area contributed by atoms with E-state index in [9.17, 15) is 28.8 Å². The summed E-state index contributed by atoms with van der Waals surface area (Å²) in [5.41, 5.74) is 11.2. The van der Waals surface area contributed by atoms with Crippen LogP contribution in [0.3, 0.4) is 0 Å². The Labute approximate surface area is 337 Å². The summed E-state index contributed by atoms with van der Waals surface area (Å²) in [6.07, 6.45) is 11.7. The van der Waals surface area contributed by atoms with E-state index in [4.69, 9.17) is 0 Å². The van der Waals surface area contributed by atoms with E-state index in [0.29, 0.717) is 66.2 Å². The maximum atomic E-state index is 11.5. The minimum atomic E-state index is 0.359. The second kappa shape index (κ2) is 20.0. The lowest BCUT2D eigenvalue weighted by Crippen LogP contribution is -1.98. The molecule has 0 bridgehead atoms. The van der Waals surface area contributed by atoms with Gasteiger partial charge in [-0.15, -0.1) is 0 Å². The van der Waals surface area contributed by atoms with Gasteiger partial charge in [0.2, 0.25) is 36.5 Å². The van der Waals surface area contributed by atoms with E-state index in [1.54, 1.807) is 72.9 Å². The molecule has 0 heterocycles. The second-order valence-electron chi connectivity index (χ2n) is 13.3. The van der Waals surface area contributed by atoms with E-state index in [1.807, 2.05) is 72.8 Å². The number of rotatable bonds is 16. The van der Waals surface area contributed by atoms with Gasteiger partial charge in [-0.2, -0.15) is 30.0 Å². The first-order chi connectivity index (χ1) is 28.9. The van der Waals surface area contributed by atoms with E-state index in [2.05, 4.69) is 30.0 Å². The van der Waals surface area contributed by atoms with Crippen LogP contribution in [0.4, 0.5) is 34.1 Å². The molecule has 0 unspecified atom stereocenters. The van der Waals surface area contributed by atoms with Gasteiger partial charge < -0.3 is 0 Å². The Morgan fingerprint density at radius 3 is 0.797 bits per heavy atom. The molecule has 0 atom stereocenters. The number of benzene rings is 6. The fraction of sp³-hybridized carbons (Fsp3) is 0.106. The summed E-state index contributed by atoms with van der Waals surface area (Å²) < 4.78 is 0. The van der Waals surface area contributed by atoms with Crippen molar-refractivity contribution in [3.63, 3.8) is 0 Å². The van der Waals surface area contributed by atoms with Crippen LogP contribution in [0.25, 0.3) is 0 Å². The molecule has 12 heteroatoms. The van der Waals surface area contributed by atoms with Crippen molar-refractivity contribution in [2.75, 3.05) is 0 Å². The highest BCUT2D eigenvalue weighted by Crippen LogP contribution is 2.32. The minimum Gasteiger partial charge on any atom is -0.211 e. The molecule has 59 heavy (non-hydrogen) atoms. The van der Waals surface area contributed by atoms with Crippen LogP contribution in [0, 0.1) is 0 Å². The Hall–Kier alpha value is -8.40. The van der Waals surface area contributed by atoms with Gasteiger partial charge in [0.25, 0.3) is 0 Å². The van der Waals surface area contributed by atoms with E-state index in [0.717, 1.165) is 55.6 Å². The van der Waals surface area contributed by atoms with Gasteiger partial charge in [-0.05, 0) is 136 Å². The van der Waals surface area contributed by atoms with Crippen molar-refractivity contribution in [1.29, 1.82) is 0 Å². The Morgan fingerprint density at radius 1 is 0.271 bits per heavy atom. The van der Waals surface area contributed by atoms with Gasteiger partial charge in [-0.25, -0.2) is 28.8 Å². The highest BCUT2D eigenvalue weighted by atomic mass is 16.1. The summed E-state index contributed by atoms with van der Waals surface area (Å²) in [7, 11) is 0. The Kier molecular flexibility index (Phi) is 13.6. The van der Waals surface area contributed by atoms with Crippen LogP contribution in [0.5, 0.6) is 0 Å². The van der Waals surface area contributed by atoms with Crippen molar-refractivity contribution in [2.45, 2.75) is 32.1 Å². The molecule has 0 saturated carbocycles. The molecule has 12 nitrogen and oxygen atoms in total. The molecule has 284 valence electrons. The van der Waals surface area contributed by atoms with Gasteiger partial charge >= 0.3 is 0 Å². The van der Waals surface area contributed by atoms with Gasteiger partial charge in [0.15, 0.2) is 0 Å². The smallest absolute Gasteiger partial charge is 0.211 e. The lowest BCUT2D eigenvalue weighted by atomic mass is 9.93. The quantitative estimate of drug-likeness (QED) is 0.0699. The highest BCUT2D eigenvalue weighted by molar-refractivity contribution is 5.62. The van der Waals surface area contributed by atoms with Crippen molar-refractivity contribution < 1.29 is 28.8 Å². The SMILES string of the molecule is O=C=Nc1ccc(Cc2ccc(N=C=O)c(Cc3ccc(N=C=O)c(Cc4ccc(N=C=O)c(Cc5ccc(N=C=O)c(Cc6ccc(N=C=O)cc6)c5)c4)c3)c2)cc1. The van der Waals surface area contributed by atoms with Crippen LogP contribution in [0.1, 0.15) is 55.6 Å². The fourth-order valence-electron chi connectivity index (χ4n) is 6.79. The summed E-state index contributed by atoms with van der Waals surface area (Å²) in [5.74, 6) is 0. The van der Waals surface area contributed by atoms with Crippen LogP contribution in [-0.4, -0.2) is 36.5 Å². The third-order valence-corrected chi connectivity index (χ3v) is 9.45. The molecular weight excluding hydrogens is 745 g/mol. The number of nitrogens with zero attached hydrogens (tertiary/aromatic N) is 6. The van der Waals surface area contributed by atoms with Gasteiger partial charge in [-0.1, -0.05) is 72.8 Å². The molecule has 0 radical (unpaired) electrons. The van der Waals surface area contributed by atoms with Crippen LogP contribution >= 0.6 is 0 Å². The molecular formula is C47H30N6O6. The average Bonchev–Trinajstić information content (AvgIpc) is 3.23. The zero-order chi connectivity index (χ0) is 41.4. The maximum absolute atomic E-state index is 11.5. The lowest BCUT2D eigenvalue weighted by Gasteiger charge is -2.13. The van der Waals surface area contributed by atoms with Crippen molar-refractivity contribution >= 4 is 70.6 Å². The van der Waals surface area contributed by atoms with Crippen LogP contribution in [0.2, 0.25) is 0 Å². The van der Waals surface area contributed by atoms with Gasteiger partial charge in [0.05, 0.1) is 34.1 Å². The molecule has 0 amide bonds. The summed E-state index contributed by atoms with van der Waals surface area (Å²) in [5, 5.41) is 0. The molecule has 0 saturated heterocycles. The topological polar surface area (TPSA) is 177 Å². The predicted molar refractivity (Wildman–Crippen MR) is 219 cm³/mol. The molecule has 0 N–H and O–H groups in total. The first kappa shape index (κ1) is 40.3. The Balaban J connectivity index is 1.28. The molecule has 6 rings (SSSR count). The maximum Gasteiger partial charge on any atom is 0.240 e. The number of hydrogen-bond acceptors (Lipinski definition) is 12. The van der Waals surface area contributed by atoms with Crippen LogP contribution in [0.15, 0.2) is 151 Å². The third-order valence-electron chi connectivity index (χ3n) is 9.45. The number of aliphatic imine (C=N–C) groups is 6. The molecule has 0 aliphatic carbocycles. The summed E-state index contributed by atoms with van der Waals surface area (Å²) in [6, 6.07) is 36.4. The third kappa shape index (κ3) is 10.9. The number of carbonyl (C=O) groups excluding carboxylic acids is 6. The summed E-state index contributed by atoms with van der Waals surface area (Å²) >= 11 is 0. The lowest BCUT2D eigenvalue weighted by molar-refractivity contribution is 0.564. The van der Waals surface area contributed by atoms with E-state index in [1.165, 1.54) is 12.2 Å². The Morgan fingerprint density at radius 2 is 0.508 bits per heavy atom. The van der Waals surface area contributed by atoms with Crippen LogP contribution < -0.4 is 0 Å². The summed E-state index contributed by atoms with van der Waals surface area (Å²) in [6.45, 7) is 0. The standard InChI is InChI=1S/C47H30N6O6/c54-26-48-42-9-1-32(2-10-42)17-34-5-13-45(51-29-57)39(19-34)21-36-7-15-47(53-31-59)41(23-36)25-37-8-16-46(52-30-58)40(24-37)22-35-6-14-44(50-28-56)38(20-35)18-33-3-11-43(12-4-33)49-27-55/h1-16,19-20,23-24H,17-18,21-22,25H2. The monoisotopic (exact) mass is 774 g/mol. The van der Waals surface area contributed by atoms with Crippen molar-refractivity contribution in [1.82, 2.24) is 0 Å². The van der Waals surface area contributed by atoms with Gasteiger partial charge in [-0.3, -0.25) is 0 Å². The molecule has 0 aliphatic rings. The molecule has 0 aromatic heterocycles. The first-order valence-electron chi connectivity index (χ1n) is 18.0. The molecule has 0 fully saturated rings. The normalized spacial score (nSPS) is 10.0. The first-order valence-corrected chi connectivity index (χ1v) is 18.0. The molecule has 6 aromatic carbocycles. The predicted octanol–water partition coefficient (Wildman–Crippen LogP) is 9.44. The average molecular weight is 775 g/mol. The van der Waals surface area contributed by atoms with Crippen molar-refractivity contribution in [3.8, 4) is 0 Å². The minimum absolute atomic E-state index is 0.359. The second-order valence-corrected chi connectivity index (χ2v) is 13.3. The van der Waals surface area contributed by atoms with Crippen molar-refractivity contribution in [2.24, 2.45) is 30.0 Å². The molecule has 6 aromatic rings. The zero-order valence-corrected chi connectivity index (χ0v) is 31.2. The summed E-state index contributed by atoms with van der Waals surface area (Å²) in [4.78, 5) is 89.8. The van der Waals surface area contributed by atoms with E-state index >= 15 is 0 Å². The number of hydrogen-bond donors (Lipinski definition) is 0. The fourth-order valence-corrected chi connectivity index (χ4v) is 6.79. The van der Waals surface area contributed by atoms with Gasteiger partial charge in [0.1, 0.15) is 0 Å². The van der Waals surface area contributed by atoms with E-state index < -0.39 is 0 Å². The van der Waals surface area contributed by atoms with Crippen LogP contribution in [-0.2, 0) is 60.9 Å². The molecule has 0 aliphatic heterocycles. The van der Waals surface area contributed by atoms with Gasteiger partial charge in [0, 0.05) is 0 Å². The largest absolute Gasteiger partial charge is 0.240 e. The van der Waals surface area contributed by atoms with E-state index in [-0.39, 0.29) is 0 Å². The van der Waals surface area contributed by atoms with Crippen molar-refractivity contribution in [3.05, 3.63) is 177 Å².